The molecule has 2 N–H and O–H groups in total. The van der Waals surface area contributed by atoms with Gasteiger partial charge in [-0.05, 0) is 68.7 Å². The van der Waals surface area contributed by atoms with Crippen molar-refractivity contribution in [3.63, 3.8) is 0 Å². The molecule has 0 fully saturated rings. The minimum absolute atomic E-state index is 0.0433. The predicted molar refractivity (Wildman–Crippen MR) is 108 cm³/mol. The lowest BCUT2D eigenvalue weighted by Gasteiger charge is -2.22. The Morgan fingerprint density at radius 3 is 2.24 bits per heavy atom. The number of anilines is 3. The standard InChI is InChI=1S/C21H29N3O/c1-5-17-8-10-18(11-9-17)22-15-21(25)23-20-13-12-19(14-16(20)4)24(6-2)7-3/h8-14,22H,5-7,15H2,1-4H3,(H,23,25). The monoisotopic (exact) mass is 339 g/mol. The van der Waals surface area contributed by atoms with Crippen LogP contribution in [-0.4, -0.2) is 25.5 Å². The fourth-order valence-electron chi connectivity index (χ4n) is 2.81. The summed E-state index contributed by atoms with van der Waals surface area (Å²) in [7, 11) is 0. The van der Waals surface area contributed by atoms with E-state index in [-0.39, 0.29) is 12.5 Å². The topological polar surface area (TPSA) is 44.4 Å². The third-order valence-corrected chi connectivity index (χ3v) is 4.43. The van der Waals surface area contributed by atoms with Gasteiger partial charge in [-0.1, -0.05) is 19.1 Å². The molecule has 0 bridgehead atoms. The second kappa shape index (κ2) is 9.11. The van der Waals surface area contributed by atoms with Crippen molar-refractivity contribution in [3.05, 3.63) is 53.6 Å². The maximum atomic E-state index is 12.2. The summed E-state index contributed by atoms with van der Waals surface area (Å²) in [4.78, 5) is 14.5. The molecular formula is C21H29N3O. The van der Waals surface area contributed by atoms with Crippen LogP contribution in [0.5, 0.6) is 0 Å². The second-order valence-electron chi connectivity index (χ2n) is 6.12. The number of benzene rings is 2. The largest absolute Gasteiger partial charge is 0.376 e. The van der Waals surface area contributed by atoms with Crippen molar-refractivity contribution >= 4 is 23.0 Å². The lowest BCUT2D eigenvalue weighted by Crippen LogP contribution is -2.23. The molecule has 0 aliphatic carbocycles. The molecule has 0 radical (unpaired) electrons. The third-order valence-electron chi connectivity index (χ3n) is 4.43. The maximum absolute atomic E-state index is 12.2. The summed E-state index contributed by atoms with van der Waals surface area (Å²) in [6.07, 6.45) is 1.02. The van der Waals surface area contributed by atoms with Crippen LogP contribution >= 0.6 is 0 Å². The Morgan fingerprint density at radius 2 is 1.68 bits per heavy atom. The number of carbonyl (C=O) groups is 1. The zero-order valence-electron chi connectivity index (χ0n) is 15.7. The van der Waals surface area contributed by atoms with Gasteiger partial charge in [0.25, 0.3) is 0 Å². The molecule has 4 nitrogen and oxygen atoms in total. The van der Waals surface area contributed by atoms with E-state index in [4.69, 9.17) is 0 Å². The molecule has 0 unspecified atom stereocenters. The Hall–Kier alpha value is -2.49. The molecule has 0 saturated carbocycles. The summed E-state index contributed by atoms with van der Waals surface area (Å²) in [6.45, 7) is 10.6. The fourth-order valence-corrected chi connectivity index (χ4v) is 2.81. The van der Waals surface area contributed by atoms with E-state index in [1.54, 1.807) is 0 Å². The zero-order valence-corrected chi connectivity index (χ0v) is 15.7. The molecule has 25 heavy (non-hydrogen) atoms. The number of carbonyl (C=O) groups excluding carboxylic acids is 1. The molecular weight excluding hydrogens is 310 g/mol. The van der Waals surface area contributed by atoms with Gasteiger partial charge >= 0.3 is 0 Å². The Morgan fingerprint density at radius 1 is 1.00 bits per heavy atom. The van der Waals surface area contributed by atoms with Gasteiger partial charge in [-0.15, -0.1) is 0 Å². The predicted octanol–water partition coefficient (Wildman–Crippen LogP) is 4.45. The van der Waals surface area contributed by atoms with Crippen LogP contribution in [0.2, 0.25) is 0 Å². The SMILES string of the molecule is CCc1ccc(NCC(=O)Nc2ccc(N(CC)CC)cc2C)cc1. The normalized spacial score (nSPS) is 10.4. The van der Waals surface area contributed by atoms with Gasteiger partial charge in [0.2, 0.25) is 5.91 Å². The average molecular weight is 339 g/mol. The van der Waals surface area contributed by atoms with Gasteiger partial charge in [0.05, 0.1) is 6.54 Å². The minimum Gasteiger partial charge on any atom is -0.376 e. The summed E-state index contributed by atoms with van der Waals surface area (Å²) < 4.78 is 0. The van der Waals surface area contributed by atoms with Crippen LogP contribution in [0.1, 0.15) is 31.9 Å². The summed E-state index contributed by atoms with van der Waals surface area (Å²) in [6, 6.07) is 14.3. The Bertz CT molecular complexity index is 691. The van der Waals surface area contributed by atoms with E-state index in [1.165, 1.54) is 11.3 Å². The molecule has 1 amide bonds. The highest BCUT2D eigenvalue weighted by Gasteiger charge is 2.08. The second-order valence-corrected chi connectivity index (χ2v) is 6.12. The zero-order chi connectivity index (χ0) is 18.2. The van der Waals surface area contributed by atoms with E-state index in [0.717, 1.165) is 36.4 Å². The molecule has 2 rings (SSSR count). The van der Waals surface area contributed by atoms with Crippen LogP contribution in [0.15, 0.2) is 42.5 Å². The van der Waals surface area contributed by atoms with Crippen molar-refractivity contribution in [2.75, 3.05) is 35.2 Å². The van der Waals surface area contributed by atoms with Crippen LogP contribution in [0.3, 0.4) is 0 Å². The van der Waals surface area contributed by atoms with Gasteiger partial charge < -0.3 is 15.5 Å². The van der Waals surface area contributed by atoms with E-state index in [1.807, 2.05) is 25.1 Å². The van der Waals surface area contributed by atoms with Crippen LogP contribution in [0.4, 0.5) is 17.1 Å². The minimum atomic E-state index is -0.0433. The van der Waals surface area contributed by atoms with Gasteiger partial charge in [0.15, 0.2) is 0 Å². The van der Waals surface area contributed by atoms with Gasteiger partial charge in [0, 0.05) is 30.2 Å². The van der Waals surface area contributed by atoms with E-state index in [9.17, 15) is 4.79 Å². The number of amides is 1. The van der Waals surface area contributed by atoms with E-state index in [0.29, 0.717) is 0 Å². The van der Waals surface area contributed by atoms with Gasteiger partial charge in [-0.2, -0.15) is 0 Å². The maximum Gasteiger partial charge on any atom is 0.243 e. The number of nitrogens with zero attached hydrogens (tertiary/aromatic N) is 1. The van der Waals surface area contributed by atoms with Crippen molar-refractivity contribution in [1.29, 1.82) is 0 Å². The number of rotatable bonds is 8. The smallest absolute Gasteiger partial charge is 0.243 e. The Kier molecular flexibility index (Phi) is 6.87. The Labute approximate surface area is 151 Å². The van der Waals surface area contributed by atoms with Gasteiger partial charge in [-0.3, -0.25) is 4.79 Å². The first kappa shape index (κ1) is 18.8. The van der Waals surface area contributed by atoms with E-state index >= 15 is 0 Å². The van der Waals surface area contributed by atoms with Crippen LogP contribution < -0.4 is 15.5 Å². The molecule has 4 heteroatoms. The first-order valence-corrected chi connectivity index (χ1v) is 9.05. The molecule has 0 spiro atoms. The van der Waals surface area contributed by atoms with Crippen molar-refractivity contribution in [2.45, 2.75) is 34.1 Å². The van der Waals surface area contributed by atoms with Crippen LogP contribution in [-0.2, 0) is 11.2 Å². The summed E-state index contributed by atoms with van der Waals surface area (Å²) in [5.41, 5.74) is 5.38. The van der Waals surface area contributed by atoms with E-state index in [2.05, 4.69) is 60.6 Å². The summed E-state index contributed by atoms with van der Waals surface area (Å²) in [5.74, 6) is -0.0433. The molecule has 0 saturated heterocycles. The number of nitrogens with one attached hydrogen (secondary N) is 2. The van der Waals surface area contributed by atoms with Gasteiger partial charge in [0.1, 0.15) is 0 Å². The highest BCUT2D eigenvalue weighted by molar-refractivity contribution is 5.94. The number of hydrogen-bond donors (Lipinski definition) is 2. The van der Waals surface area contributed by atoms with Crippen molar-refractivity contribution < 1.29 is 4.79 Å². The summed E-state index contributed by atoms with van der Waals surface area (Å²) >= 11 is 0. The summed E-state index contributed by atoms with van der Waals surface area (Å²) in [5, 5.41) is 6.15. The number of aryl methyl sites for hydroxylation is 2. The first-order valence-electron chi connectivity index (χ1n) is 9.05. The highest BCUT2D eigenvalue weighted by Crippen LogP contribution is 2.22. The molecule has 2 aromatic carbocycles. The molecule has 0 heterocycles. The van der Waals surface area contributed by atoms with Crippen molar-refractivity contribution in [3.8, 4) is 0 Å². The first-order chi connectivity index (χ1) is 12.1. The van der Waals surface area contributed by atoms with Crippen LogP contribution in [0.25, 0.3) is 0 Å². The van der Waals surface area contributed by atoms with Crippen LogP contribution in [0, 0.1) is 6.92 Å². The highest BCUT2D eigenvalue weighted by atomic mass is 16.1. The number of hydrogen-bond acceptors (Lipinski definition) is 3. The molecule has 0 aliphatic rings. The van der Waals surface area contributed by atoms with Crippen molar-refractivity contribution in [2.24, 2.45) is 0 Å². The molecule has 0 aliphatic heterocycles. The average Bonchev–Trinajstić information content (AvgIpc) is 2.63. The van der Waals surface area contributed by atoms with E-state index < -0.39 is 0 Å². The molecule has 2 aromatic rings. The quantitative estimate of drug-likeness (QED) is 0.746. The molecule has 0 aromatic heterocycles. The lowest BCUT2D eigenvalue weighted by molar-refractivity contribution is -0.114. The van der Waals surface area contributed by atoms with Crippen molar-refractivity contribution in [1.82, 2.24) is 0 Å². The molecule has 0 atom stereocenters. The molecule has 134 valence electrons. The Balaban J connectivity index is 1.93. The fraction of sp³-hybridized carbons (Fsp3) is 0.381. The lowest BCUT2D eigenvalue weighted by atomic mass is 10.1. The third kappa shape index (κ3) is 5.24. The van der Waals surface area contributed by atoms with Gasteiger partial charge in [-0.25, -0.2) is 0 Å².